The minimum atomic E-state index is -1.06. The first-order valence-electron chi connectivity index (χ1n) is 5.96. The Morgan fingerprint density at radius 1 is 1.43 bits per heavy atom. The van der Waals surface area contributed by atoms with E-state index in [1.165, 1.54) is 36.0 Å². The summed E-state index contributed by atoms with van der Waals surface area (Å²) in [5.41, 5.74) is 0.541. The molecule has 1 amide bonds. The van der Waals surface area contributed by atoms with Crippen LogP contribution in [0.1, 0.15) is 5.56 Å². The molecule has 21 heavy (non-hydrogen) atoms. The van der Waals surface area contributed by atoms with E-state index in [1.54, 1.807) is 0 Å². The number of aliphatic carboxylic acids is 1. The molecule has 0 radical (unpaired) electrons. The van der Waals surface area contributed by atoms with E-state index in [1.807, 2.05) is 0 Å². The van der Waals surface area contributed by atoms with Gasteiger partial charge < -0.3 is 9.84 Å². The number of non-ortho nitro benzene ring substituents is 1. The van der Waals surface area contributed by atoms with Crippen LogP contribution >= 0.6 is 11.8 Å². The molecule has 0 saturated carbocycles. The van der Waals surface area contributed by atoms with Gasteiger partial charge in [0, 0.05) is 17.9 Å². The lowest BCUT2D eigenvalue weighted by atomic mass is 10.2. The zero-order valence-corrected chi connectivity index (χ0v) is 11.6. The van der Waals surface area contributed by atoms with Crippen LogP contribution in [0.2, 0.25) is 0 Å². The number of benzene rings is 1. The average Bonchev–Trinajstić information content (AvgIpc) is 2.95. The van der Waals surface area contributed by atoms with Crippen LogP contribution in [0.3, 0.4) is 0 Å². The lowest BCUT2D eigenvalue weighted by Crippen LogP contribution is -2.41. The molecule has 1 aliphatic heterocycles. The second kappa shape index (κ2) is 6.44. The quantitative estimate of drug-likeness (QED) is 0.665. The molecule has 0 aliphatic carbocycles. The molecule has 0 aromatic heterocycles. The Hall–Kier alpha value is -2.29. The summed E-state index contributed by atoms with van der Waals surface area (Å²) in [6.07, 6.45) is -0.703. The summed E-state index contributed by atoms with van der Waals surface area (Å²) < 4.78 is 5.03. The summed E-state index contributed by atoms with van der Waals surface area (Å²) in [4.78, 5) is 33.9. The monoisotopic (exact) mass is 312 g/mol. The number of hydrogen-bond acceptors (Lipinski definition) is 6. The number of ether oxygens (including phenoxy) is 1. The molecule has 1 aromatic rings. The highest BCUT2D eigenvalue weighted by atomic mass is 32.2. The highest BCUT2D eigenvalue weighted by Crippen LogP contribution is 2.22. The van der Waals surface area contributed by atoms with Crippen molar-refractivity contribution in [2.45, 2.75) is 12.6 Å². The molecule has 1 N–H and O–H groups in total. The fourth-order valence-electron chi connectivity index (χ4n) is 1.77. The first-order valence-corrected chi connectivity index (χ1v) is 7.12. The molecule has 1 saturated heterocycles. The van der Waals surface area contributed by atoms with E-state index >= 15 is 0 Å². The third kappa shape index (κ3) is 3.63. The van der Waals surface area contributed by atoms with E-state index < -0.39 is 23.0 Å². The van der Waals surface area contributed by atoms with Gasteiger partial charge in [-0.05, 0) is 17.7 Å². The van der Waals surface area contributed by atoms with Crippen molar-refractivity contribution in [3.05, 3.63) is 39.9 Å². The number of rotatable bonds is 4. The van der Waals surface area contributed by atoms with E-state index in [0.717, 1.165) is 4.90 Å². The number of carboxylic acids is 1. The number of nitro benzene ring substituents is 1. The number of carbonyl (C=O) groups excluding carboxylic acids is 1. The van der Waals surface area contributed by atoms with Crippen LogP contribution in [0.5, 0.6) is 0 Å². The maximum atomic E-state index is 11.8. The van der Waals surface area contributed by atoms with Gasteiger partial charge in [0.25, 0.3) is 5.69 Å². The molecule has 2 rings (SSSR count). The normalized spacial score (nSPS) is 17.5. The summed E-state index contributed by atoms with van der Waals surface area (Å²) in [7, 11) is 0. The van der Waals surface area contributed by atoms with Crippen LogP contribution in [0.25, 0.3) is 0 Å². The van der Waals surface area contributed by atoms with Crippen molar-refractivity contribution >= 4 is 29.5 Å². The van der Waals surface area contributed by atoms with E-state index in [4.69, 9.17) is 9.84 Å². The first kappa shape index (κ1) is 15.1. The van der Waals surface area contributed by atoms with E-state index in [-0.39, 0.29) is 18.2 Å². The van der Waals surface area contributed by atoms with Gasteiger partial charge in [-0.15, -0.1) is 11.8 Å². The van der Waals surface area contributed by atoms with Crippen LogP contribution in [0.4, 0.5) is 10.5 Å². The third-order valence-corrected chi connectivity index (χ3v) is 3.92. The number of nitro groups is 1. The van der Waals surface area contributed by atoms with Crippen molar-refractivity contribution in [3.63, 3.8) is 0 Å². The summed E-state index contributed by atoms with van der Waals surface area (Å²) >= 11 is 1.34. The maximum absolute atomic E-state index is 11.8. The Bertz CT molecular complexity index is 561. The molecule has 8 nitrogen and oxygen atoms in total. The smallest absolute Gasteiger partial charge is 0.411 e. The summed E-state index contributed by atoms with van der Waals surface area (Å²) in [6, 6.07) is 4.72. The van der Waals surface area contributed by atoms with Crippen molar-refractivity contribution < 1.29 is 24.4 Å². The van der Waals surface area contributed by atoms with Gasteiger partial charge in [0.15, 0.2) is 0 Å². The number of carbonyl (C=O) groups is 2. The number of hydrogen-bond donors (Lipinski definition) is 1. The molecule has 1 fully saturated rings. The van der Waals surface area contributed by atoms with Gasteiger partial charge in [-0.25, -0.2) is 9.59 Å². The van der Waals surface area contributed by atoms with Crippen molar-refractivity contribution in [3.8, 4) is 0 Å². The lowest BCUT2D eigenvalue weighted by molar-refractivity contribution is -0.384. The van der Waals surface area contributed by atoms with Gasteiger partial charge in [-0.1, -0.05) is 0 Å². The van der Waals surface area contributed by atoms with E-state index in [0.29, 0.717) is 11.3 Å². The molecule has 1 heterocycles. The van der Waals surface area contributed by atoms with Gasteiger partial charge in [0.05, 0.1) is 10.8 Å². The Morgan fingerprint density at radius 2 is 2.10 bits per heavy atom. The molecular weight excluding hydrogens is 300 g/mol. The molecule has 1 atom stereocenters. The Kier molecular flexibility index (Phi) is 4.63. The number of thioether (sulfide) groups is 1. The molecule has 0 spiro atoms. The van der Waals surface area contributed by atoms with E-state index in [9.17, 15) is 19.7 Å². The van der Waals surface area contributed by atoms with Gasteiger partial charge >= 0.3 is 12.1 Å². The van der Waals surface area contributed by atoms with Crippen molar-refractivity contribution in [2.75, 3.05) is 11.6 Å². The fourth-order valence-corrected chi connectivity index (χ4v) is 2.90. The van der Waals surface area contributed by atoms with Crippen LogP contribution in [0.15, 0.2) is 24.3 Å². The average molecular weight is 312 g/mol. The highest BCUT2D eigenvalue weighted by Gasteiger charge is 2.35. The molecule has 1 aliphatic rings. The predicted molar refractivity (Wildman–Crippen MR) is 73.9 cm³/mol. The van der Waals surface area contributed by atoms with Crippen LogP contribution in [-0.2, 0) is 16.1 Å². The lowest BCUT2D eigenvalue weighted by Gasteiger charge is -2.19. The van der Waals surface area contributed by atoms with Crippen LogP contribution in [0, 0.1) is 10.1 Å². The molecule has 1 unspecified atom stereocenters. The molecular formula is C12H12N2O6S. The predicted octanol–water partition coefficient (Wildman–Crippen LogP) is 1.69. The summed E-state index contributed by atoms with van der Waals surface area (Å²) in [5, 5.41) is 19.5. The first-order chi connectivity index (χ1) is 9.99. The minimum absolute atomic E-state index is 0.0491. The van der Waals surface area contributed by atoms with E-state index in [2.05, 4.69) is 0 Å². The third-order valence-electron chi connectivity index (χ3n) is 2.91. The Morgan fingerprint density at radius 3 is 2.67 bits per heavy atom. The number of nitrogens with zero attached hydrogens (tertiary/aromatic N) is 2. The van der Waals surface area contributed by atoms with Gasteiger partial charge in [-0.2, -0.15) is 0 Å². The largest absolute Gasteiger partial charge is 0.480 e. The van der Waals surface area contributed by atoms with Crippen molar-refractivity contribution in [2.24, 2.45) is 0 Å². The number of amides is 1. The highest BCUT2D eigenvalue weighted by molar-refractivity contribution is 7.99. The van der Waals surface area contributed by atoms with Crippen LogP contribution < -0.4 is 0 Å². The molecule has 9 heteroatoms. The minimum Gasteiger partial charge on any atom is -0.480 e. The second-order valence-electron chi connectivity index (χ2n) is 4.30. The van der Waals surface area contributed by atoms with Gasteiger partial charge in [0.1, 0.15) is 12.6 Å². The second-order valence-corrected chi connectivity index (χ2v) is 5.30. The zero-order valence-electron chi connectivity index (χ0n) is 10.8. The fraction of sp³-hybridized carbons (Fsp3) is 0.333. The van der Waals surface area contributed by atoms with Gasteiger partial charge in [-0.3, -0.25) is 15.0 Å². The van der Waals surface area contributed by atoms with Crippen molar-refractivity contribution in [1.29, 1.82) is 0 Å². The molecule has 112 valence electrons. The SMILES string of the molecule is O=C(O)C1CSCN1C(=O)OCc1ccc([N+](=O)[O-])cc1. The standard InChI is InChI=1S/C12H12N2O6S/c15-11(16)10-6-21-7-13(10)12(17)20-5-8-1-3-9(4-2-8)14(18)19/h1-4,10H,5-7H2,(H,15,16). The number of carboxylic acid groups (broad SMARTS) is 1. The van der Waals surface area contributed by atoms with Gasteiger partial charge in [0.2, 0.25) is 0 Å². The van der Waals surface area contributed by atoms with Crippen LogP contribution in [-0.4, -0.2) is 44.7 Å². The maximum Gasteiger partial charge on any atom is 0.411 e. The molecule has 0 bridgehead atoms. The molecule has 1 aromatic carbocycles. The van der Waals surface area contributed by atoms with Crippen molar-refractivity contribution in [1.82, 2.24) is 4.90 Å². The Balaban J connectivity index is 1.91. The topological polar surface area (TPSA) is 110 Å². The zero-order chi connectivity index (χ0) is 15.4. The summed E-state index contributed by atoms with van der Waals surface area (Å²) in [6.45, 7) is -0.0651. The Labute approximate surface area is 123 Å². The summed E-state index contributed by atoms with van der Waals surface area (Å²) in [5.74, 6) is -0.454.